The van der Waals surface area contributed by atoms with Crippen molar-refractivity contribution in [2.75, 3.05) is 0 Å². The Morgan fingerprint density at radius 3 is 2.46 bits per heavy atom. The number of aromatic amines is 1. The van der Waals surface area contributed by atoms with E-state index in [2.05, 4.69) is 90.2 Å². The van der Waals surface area contributed by atoms with Crippen molar-refractivity contribution < 1.29 is 0 Å². The minimum Gasteiger partial charge on any atom is -0.364 e. The Hall–Kier alpha value is -1.74. The molecule has 28 heavy (non-hydrogen) atoms. The van der Waals surface area contributed by atoms with Crippen molar-refractivity contribution in [1.29, 1.82) is 0 Å². The largest absolute Gasteiger partial charge is 0.364 e. The monoisotopic (exact) mass is 398 g/mol. The molecule has 0 aromatic carbocycles. The first-order valence-corrected chi connectivity index (χ1v) is 11.3. The molecular formula is C25H38N2S. The zero-order valence-corrected chi connectivity index (χ0v) is 19.8. The Kier molecular flexibility index (Phi) is 11.0. The van der Waals surface area contributed by atoms with Crippen molar-refractivity contribution in [2.24, 2.45) is 10.9 Å². The van der Waals surface area contributed by atoms with E-state index in [4.69, 9.17) is 4.99 Å². The zero-order valence-electron chi connectivity index (χ0n) is 19.0. The number of H-pyrrole nitrogens is 1. The fourth-order valence-corrected chi connectivity index (χ4v) is 3.82. The van der Waals surface area contributed by atoms with Crippen LogP contribution in [-0.4, -0.2) is 10.7 Å². The van der Waals surface area contributed by atoms with Gasteiger partial charge < -0.3 is 4.98 Å². The predicted molar refractivity (Wildman–Crippen MR) is 131 cm³/mol. The van der Waals surface area contributed by atoms with Crippen LogP contribution in [0.15, 0.2) is 45.4 Å². The van der Waals surface area contributed by atoms with Gasteiger partial charge in [0.25, 0.3) is 0 Å². The second-order valence-electron chi connectivity index (χ2n) is 7.48. The first-order chi connectivity index (χ1) is 13.3. The van der Waals surface area contributed by atoms with Crippen molar-refractivity contribution in [1.82, 2.24) is 4.98 Å². The van der Waals surface area contributed by atoms with Gasteiger partial charge in [-0.1, -0.05) is 63.3 Å². The first kappa shape index (κ1) is 24.3. The van der Waals surface area contributed by atoms with Gasteiger partial charge in [-0.05, 0) is 63.9 Å². The average molecular weight is 399 g/mol. The second-order valence-corrected chi connectivity index (χ2v) is 8.39. The molecule has 0 spiro atoms. The van der Waals surface area contributed by atoms with E-state index in [9.17, 15) is 0 Å². The van der Waals surface area contributed by atoms with Crippen molar-refractivity contribution in [2.45, 2.75) is 74.7 Å². The average Bonchev–Trinajstić information content (AvgIpc) is 3.04. The van der Waals surface area contributed by atoms with Gasteiger partial charge in [-0.2, -0.15) is 0 Å². The second kappa shape index (κ2) is 12.7. The molecule has 1 aromatic heterocycles. The maximum absolute atomic E-state index is 4.84. The standard InChI is InChI=1S/C25H38N2S/c1-9-12-14-22-21(8)26-16-23(22)20(7)17-28-24(13-10-2)25(19(6)11-3)27-15-18(4)5/h12-17,19,26H,9-11H2,1-8H3/b14-12-,20-17+,24-13-,27-25?. The number of nitrogens with zero attached hydrogens (tertiary/aromatic N) is 1. The van der Waals surface area contributed by atoms with Gasteiger partial charge in [0, 0.05) is 34.1 Å². The van der Waals surface area contributed by atoms with Crippen LogP contribution in [-0.2, 0) is 0 Å². The van der Waals surface area contributed by atoms with Gasteiger partial charge in [0.05, 0.1) is 5.71 Å². The molecule has 0 saturated heterocycles. The third kappa shape index (κ3) is 7.35. The van der Waals surface area contributed by atoms with Crippen molar-refractivity contribution >= 4 is 29.1 Å². The number of allylic oxidation sites excluding steroid dienone is 5. The van der Waals surface area contributed by atoms with E-state index >= 15 is 0 Å². The van der Waals surface area contributed by atoms with Crippen LogP contribution in [0.3, 0.4) is 0 Å². The summed E-state index contributed by atoms with van der Waals surface area (Å²) in [6, 6.07) is 0. The first-order valence-electron chi connectivity index (χ1n) is 10.4. The summed E-state index contributed by atoms with van der Waals surface area (Å²) in [5.41, 5.74) is 7.47. The molecule has 3 heteroatoms. The molecule has 0 aliphatic rings. The number of hydrogen-bond donors (Lipinski definition) is 1. The van der Waals surface area contributed by atoms with Gasteiger partial charge >= 0.3 is 0 Å². The minimum absolute atomic E-state index is 0.437. The van der Waals surface area contributed by atoms with Crippen molar-refractivity contribution in [3.05, 3.63) is 57.3 Å². The van der Waals surface area contributed by atoms with Gasteiger partial charge in [-0.15, -0.1) is 0 Å². The molecule has 1 atom stereocenters. The number of hydrogen-bond acceptors (Lipinski definition) is 2. The molecule has 0 bridgehead atoms. The highest BCUT2D eigenvalue weighted by Gasteiger charge is 2.14. The zero-order chi connectivity index (χ0) is 21.1. The predicted octanol–water partition coefficient (Wildman–Crippen LogP) is 8.55. The van der Waals surface area contributed by atoms with Crippen LogP contribution in [0, 0.1) is 12.8 Å². The Balaban J connectivity index is 3.22. The fraction of sp³-hybridized carbons (Fsp3) is 0.480. The Morgan fingerprint density at radius 1 is 1.18 bits per heavy atom. The highest BCUT2D eigenvalue weighted by molar-refractivity contribution is 8.06. The lowest BCUT2D eigenvalue weighted by molar-refractivity contribution is 0.741. The maximum Gasteiger partial charge on any atom is 0.0567 e. The number of rotatable bonds is 10. The molecule has 1 rings (SSSR count). The summed E-state index contributed by atoms with van der Waals surface area (Å²) in [5.74, 6) is 0.437. The molecule has 1 N–H and O–H groups in total. The number of aliphatic imine (C=N–C) groups is 1. The molecule has 1 unspecified atom stereocenters. The highest BCUT2D eigenvalue weighted by atomic mass is 32.2. The molecule has 0 fully saturated rings. The Labute approximate surface area is 177 Å². The van der Waals surface area contributed by atoms with Gasteiger partial charge in [0.2, 0.25) is 0 Å². The lowest BCUT2D eigenvalue weighted by Gasteiger charge is -2.15. The molecule has 0 aliphatic carbocycles. The molecule has 2 nitrogen and oxygen atoms in total. The smallest absolute Gasteiger partial charge is 0.0567 e. The maximum atomic E-state index is 4.84. The topological polar surface area (TPSA) is 28.1 Å². The normalized spacial score (nSPS) is 14.6. The highest BCUT2D eigenvalue weighted by Crippen LogP contribution is 2.31. The number of thioether (sulfide) groups is 1. The van der Waals surface area contributed by atoms with Crippen molar-refractivity contribution in [3.8, 4) is 0 Å². The quantitative estimate of drug-likeness (QED) is 0.393. The van der Waals surface area contributed by atoms with Crippen LogP contribution in [0.5, 0.6) is 0 Å². The Bertz CT molecular complexity index is 768. The van der Waals surface area contributed by atoms with Crippen LogP contribution in [0.25, 0.3) is 11.6 Å². The number of nitrogens with one attached hydrogen (secondary N) is 1. The molecule has 1 heterocycles. The minimum atomic E-state index is 0.437. The van der Waals surface area contributed by atoms with E-state index in [0.29, 0.717) is 5.92 Å². The van der Waals surface area contributed by atoms with Gasteiger partial charge in [0.1, 0.15) is 0 Å². The Morgan fingerprint density at radius 2 is 1.89 bits per heavy atom. The fourth-order valence-electron chi connectivity index (χ4n) is 2.75. The van der Waals surface area contributed by atoms with E-state index in [0.717, 1.165) is 19.3 Å². The lowest BCUT2D eigenvalue weighted by Crippen LogP contribution is -2.11. The van der Waals surface area contributed by atoms with E-state index in [1.54, 1.807) is 11.8 Å². The summed E-state index contributed by atoms with van der Waals surface area (Å²) < 4.78 is 0. The van der Waals surface area contributed by atoms with Crippen molar-refractivity contribution in [3.63, 3.8) is 0 Å². The molecule has 0 aliphatic heterocycles. The van der Waals surface area contributed by atoms with Crippen LogP contribution in [0.4, 0.5) is 0 Å². The number of aromatic nitrogens is 1. The van der Waals surface area contributed by atoms with Crippen LogP contribution < -0.4 is 0 Å². The third-order valence-electron chi connectivity index (χ3n) is 4.62. The van der Waals surface area contributed by atoms with E-state index in [1.807, 2.05) is 6.20 Å². The van der Waals surface area contributed by atoms with E-state index in [1.165, 1.54) is 38.6 Å². The molecule has 1 aromatic rings. The van der Waals surface area contributed by atoms with Crippen LogP contribution in [0.2, 0.25) is 0 Å². The third-order valence-corrected chi connectivity index (χ3v) is 5.72. The summed E-state index contributed by atoms with van der Waals surface area (Å²) in [4.78, 5) is 9.49. The summed E-state index contributed by atoms with van der Waals surface area (Å²) in [7, 11) is 0. The van der Waals surface area contributed by atoms with Gasteiger partial charge in [-0.25, -0.2) is 0 Å². The number of aryl methyl sites for hydroxylation is 1. The molecule has 0 saturated carbocycles. The van der Waals surface area contributed by atoms with E-state index < -0.39 is 0 Å². The molecular weight excluding hydrogens is 360 g/mol. The molecule has 0 amide bonds. The summed E-state index contributed by atoms with van der Waals surface area (Å²) in [5, 5.41) is 2.27. The SMILES string of the molecule is CC/C=C\c1c(/C(C)=C/S/C(=C\CC)C(=NC=C(C)C)C(C)CC)c[nH]c1C. The molecule has 154 valence electrons. The summed E-state index contributed by atoms with van der Waals surface area (Å²) in [6.45, 7) is 17.4. The van der Waals surface area contributed by atoms with Gasteiger partial charge in [0.15, 0.2) is 0 Å². The van der Waals surface area contributed by atoms with Crippen LogP contribution >= 0.6 is 11.8 Å². The van der Waals surface area contributed by atoms with Gasteiger partial charge in [-0.3, -0.25) is 4.99 Å². The van der Waals surface area contributed by atoms with E-state index in [-0.39, 0.29) is 0 Å². The molecule has 0 radical (unpaired) electrons. The lowest BCUT2D eigenvalue weighted by atomic mass is 10.0. The van der Waals surface area contributed by atoms with Crippen LogP contribution in [0.1, 0.15) is 84.5 Å². The summed E-state index contributed by atoms with van der Waals surface area (Å²) in [6.07, 6.45) is 14.0. The summed E-state index contributed by atoms with van der Waals surface area (Å²) >= 11 is 1.80.